The van der Waals surface area contributed by atoms with Crippen molar-refractivity contribution >= 4 is 23.6 Å². The zero-order chi connectivity index (χ0) is 13.1. The zero-order valence-electron chi connectivity index (χ0n) is 9.87. The fraction of sp³-hybridized carbons (Fsp3) is 0.455. The van der Waals surface area contributed by atoms with Gasteiger partial charge in [0.1, 0.15) is 18.1 Å². The lowest BCUT2D eigenvalue weighted by Gasteiger charge is -2.20. The van der Waals surface area contributed by atoms with E-state index in [0.717, 1.165) is 0 Å². The summed E-state index contributed by atoms with van der Waals surface area (Å²) in [4.78, 5) is 32.5. The fourth-order valence-corrected chi connectivity index (χ4v) is 2.36. The third-order valence-corrected chi connectivity index (χ3v) is 3.51. The molecule has 0 spiro atoms. The summed E-state index contributed by atoms with van der Waals surface area (Å²) in [5.74, 6) is -1.29. The van der Waals surface area contributed by atoms with Crippen molar-refractivity contribution in [3.8, 4) is 0 Å². The summed E-state index contributed by atoms with van der Waals surface area (Å²) in [6, 6.07) is 0.856. The van der Waals surface area contributed by atoms with Crippen LogP contribution >= 0.6 is 11.8 Å². The third kappa shape index (κ3) is 2.45. The molecule has 0 bridgehead atoms. The van der Waals surface area contributed by atoms with Gasteiger partial charge in [0, 0.05) is 12.6 Å². The number of aromatic nitrogens is 2. The molecule has 96 valence electrons. The van der Waals surface area contributed by atoms with Gasteiger partial charge in [-0.2, -0.15) is 0 Å². The molecule has 1 amide bonds. The van der Waals surface area contributed by atoms with E-state index < -0.39 is 12.0 Å². The molecule has 1 aliphatic heterocycles. The van der Waals surface area contributed by atoms with Crippen LogP contribution in [0, 0.1) is 0 Å². The molecular formula is C11H13N3O3S. The van der Waals surface area contributed by atoms with Gasteiger partial charge in [-0.1, -0.05) is 0 Å². The summed E-state index contributed by atoms with van der Waals surface area (Å²) < 4.78 is 0. The molecule has 1 N–H and O–H groups in total. The van der Waals surface area contributed by atoms with Crippen LogP contribution in [0.25, 0.3) is 0 Å². The van der Waals surface area contributed by atoms with E-state index in [2.05, 4.69) is 9.97 Å². The average molecular weight is 267 g/mol. The number of carboxylic acids is 1. The molecule has 1 aliphatic rings. The van der Waals surface area contributed by atoms with Crippen molar-refractivity contribution in [1.82, 2.24) is 14.9 Å². The van der Waals surface area contributed by atoms with E-state index in [1.807, 2.05) is 6.26 Å². The van der Waals surface area contributed by atoms with E-state index in [1.54, 1.807) is 6.07 Å². The SMILES string of the molecule is CSc1cc(C(=O)N2CCC[C@@H]2C(=O)O)ncn1. The Morgan fingerprint density at radius 1 is 1.50 bits per heavy atom. The molecule has 0 radical (unpaired) electrons. The summed E-state index contributed by atoms with van der Waals surface area (Å²) in [7, 11) is 0. The summed E-state index contributed by atoms with van der Waals surface area (Å²) in [5, 5.41) is 9.74. The number of rotatable bonds is 3. The molecule has 1 aromatic heterocycles. The first kappa shape index (κ1) is 12.8. The first-order chi connectivity index (χ1) is 8.63. The van der Waals surface area contributed by atoms with Gasteiger partial charge in [-0.05, 0) is 19.1 Å². The number of nitrogens with zero attached hydrogens (tertiary/aromatic N) is 3. The van der Waals surface area contributed by atoms with Crippen LogP contribution in [0.1, 0.15) is 23.3 Å². The summed E-state index contributed by atoms with van der Waals surface area (Å²) in [6.45, 7) is 0.467. The molecule has 0 unspecified atom stereocenters. The van der Waals surface area contributed by atoms with Gasteiger partial charge in [0.15, 0.2) is 0 Å². The highest BCUT2D eigenvalue weighted by Crippen LogP contribution is 2.20. The molecule has 1 atom stereocenters. The minimum atomic E-state index is -0.958. The van der Waals surface area contributed by atoms with E-state index in [4.69, 9.17) is 5.11 Å². The van der Waals surface area contributed by atoms with Crippen LogP contribution in [0.4, 0.5) is 0 Å². The number of hydrogen-bond acceptors (Lipinski definition) is 5. The Bertz CT molecular complexity index is 480. The van der Waals surface area contributed by atoms with E-state index >= 15 is 0 Å². The zero-order valence-corrected chi connectivity index (χ0v) is 10.7. The number of amides is 1. The van der Waals surface area contributed by atoms with E-state index in [-0.39, 0.29) is 11.6 Å². The molecule has 18 heavy (non-hydrogen) atoms. The highest BCUT2D eigenvalue weighted by molar-refractivity contribution is 7.98. The Labute approximate surface area is 108 Å². The maximum atomic E-state index is 12.2. The Morgan fingerprint density at radius 2 is 2.28 bits per heavy atom. The van der Waals surface area contributed by atoms with Crippen LogP contribution in [-0.2, 0) is 4.79 Å². The Hall–Kier alpha value is -1.63. The Balaban J connectivity index is 2.22. The summed E-state index contributed by atoms with van der Waals surface area (Å²) in [6.07, 6.45) is 4.39. The van der Waals surface area contributed by atoms with Gasteiger partial charge in [-0.25, -0.2) is 14.8 Å². The second-order valence-electron chi connectivity index (χ2n) is 3.94. The number of thioether (sulfide) groups is 1. The molecule has 2 rings (SSSR count). The van der Waals surface area contributed by atoms with E-state index in [9.17, 15) is 9.59 Å². The minimum Gasteiger partial charge on any atom is -0.480 e. The van der Waals surface area contributed by atoms with Crippen LogP contribution in [0.15, 0.2) is 17.4 Å². The quantitative estimate of drug-likeness (QED) is 0.646. The maximum absolute atomic E-state index is 12.2. The number of likely N-dealkylation sites (tertiary alicyclic amines) is 1. The summed E-state index contributed by atoms with van der Waals surface area (Å²) >= 11 is 1.41. The second kappa shape index (κ2) is 5.34. The van der Waals surface area contributed by atoms with Crippen molar-refractivity contribution in [2.45, 2.75) is 23.9 Å². The van der Waals surface area contributed by atoms with E-state index in [1.165, 1.54) is 23.0 Å². The van der Waals surface area contributed by atoms with Gasteiger partial charge in [-0.15, -0.1) is 11.8 Å². The smallest absolute Gasteiger partial charge is 0.326 e. The van der Waals surface area contributed by atoms with Gasteiger partial charge < -0.3 is 10.0 Å². The lowest BCUT2D eigenvalue weighted by atomic mass is 10.2. The lowest BCUT2D eigenvalue weighted by Crippen LogP contribution is -2.40. The largest absolute Gasteiger partial charge is 0.480 e. The van der Waals surface area contributed by atoms with Crippen molar-refractivity contribution in [2.75, 3.05) is 12.8 Å². The topological polar surface area (TPSA) is 83.4 Å². The molecule has 2 heterocycles. The molecule has 0 aliphatic carbocycles. The number of carboxylic acid groups (broad SMARTS) is 1. The molecule has 1 saturated heterocycles. The van der Waals surface area contributed by atoms with Gasteiger partial charge in [0.2, 0.25) is 0 Å². The van der Waals surface area contributed by atoms with Gasteiger partial charge in [-0.3, -0.25) is 4.79 Å². The molecular weight excluding hydrogens is 254 g/mol. The van der Waals surface area contributed by atoms with Crippen molar-refractivity contribution in [3.05, 3.63) is 18.1 Å². The average Bonchev–Trinajstić information content (AvgIpc) is 2.87. The van der Waals surface area contributed by atoms with Gasteiger partial charge in [0.05, 0.1) is 5.03 Å². The predicted octanol–water partition coefficient (Wildman–Crippen LogP) is 0.888. The van der Waals surface area contributed by atoms with E-state index in [0.29, 0.717) is 24.4 Å². The second-order valence-corrected chi connectivity index (χ2v) is 4.77. The van der Waals surface area contributed by atoms with Crippen molar-refractivity contribution in [1.29, 1.82) is 0 Å². The van der Waals surface area contributed by atoms with Crippen LogP contribution in [0.3, 0.4) is 0 Å². The number of carbonyl (C=O) groups is 2. The van der Waals surface area contributed by atoms with Crippen molar-refractivity contribution in [2.24, 2.45) is 0 Å². The monoisotopic (exact) mass is 267 g/mol. The van der Waals surface area contributed by atoms with Crippen molar-refractivity contribution < 1.29 is 14.7 Å². The van der Waals surface area contributed by atoms with Crippen molar-refractivity contribution in [3.63, 3.8) is 0 Å². The molecule has 0 aromatic carbocycles. The van der Waals surface area contributed by atoms with Crippen LogP contribution < -0.4 is 0 Å². The third-order valence-electron chi connectivity index (χ3n) is 2.87. The Morgan fingerprint density at radius 3 is 2.94 bits per heavy atom. The number of carbonyl (C=O) groups excluding carboxylic acids is 1. The maximum Gasteiger partial charge on any atom is 0.326 e. The van der Waals surface area contributed by atoms with Gasteiger partial charge in [0.25, 0.3) is 5.91 Å². The standard InChI is InChI=1S/C11H13N3O3S/c1-18-9-5-7(12-6-13-9)10(15)14-4-2-3-8(14)11(16)17/h5-6,8H,2-4H2,1H3,(H,16,17)/t8-/m1/s1. The summed E-state index contributed by atoms with van der Waals surface area (Å²) in [5.41, 5.74) is 0.252. The first-order valence-corrected chi connectivity index (χ1v) is 6.75. The fourth-order valence-electron chi connectivity index (χ4n) is 1.98. The van der Waals surface area contributed by atoms with Crippen LogP contribution in [0.5, 0.6) is 0 Å². The predicted molar refractivity (Wildman–Crippen MR) is 65.5 cm³/mol. The molecule has 0 saturated carbocycles. The molecule has 6 nitrogen and oxygen atoms in total. The number of aliphatic carboxylic acids is 1. The lowest BCUT2D eigenvalue weighted by molar-refractivity contribution is -0.141. The molecule has 7 heteroatoms. The Kier molecular flexibility index (Phi) is 3.81. The minimum absolute atomic E-state index is 0.252. The highest BCUT2D eigenvalue weighted by atomic mass is 32.2. The van der Waals surface area contributed by atoms with Crippen LogP contribution in [-0.4, -0.2) is 50.7 Å². The van der Waals surface area contributed by atoms with Crippen LogP contribution in [0.2, 0.25) is 0 Å². The first-order valence-electron chi connectivity index (χ1n) is 5.53. The normalized spacial score (nSPS) is 18.9. The number of hydrogen-bond donors (Lipinski definition) is 1. The molecule has 1 aromatic rings. The highest BCUT2D eigenvalue weighted by Gasteiger charge is 2.34. The molecule has 1 fully saturated rings. The van der Waals surface area contributed by atoms with Gasteiger partial charge >= 0.3 is 5.97 Å².